The Balaban J connectivity index is 1.64. The number of rotatable bonds is 3. The highest BCUT2D eigenvalue weighted by atomic mass is 32.2. The lowest BCUT2D eigenvalue weighted by molar-refractivity contribution is 0.919. The van der Waals surface area contributed by atoms with Crippen LogP contribution >= 0.6 is 23.1 Å². The highest BCUT2D eigenvalue weighted by Gasteiger charge is 2.08. The number of nitrogens with zero attached hydrogens (tertiary/aromatic N) is 5. The third kappa shape index (κ3) is 2.22. The van der Waals surface area contributed by atoms with Gasteiger partial charge in [-0.1, -0.05) is 17.8 Å². The maximum absolute atomic E-state index is 11.9. The molecule has 0 aliphatic rings. The zero-order chi connectivity index (χ0) is 14.2. The maximum Gasteiger partial charge on any atom is 0.258 e. The third-order valence-electron chi connectivity index (χ3n) is 2.99. The summed E-state index contributed by atoms with van der Waals surface area (Å²) in [6.45, 7) is 0. The SMILES string of the molecule is O=c1cc(CSc2nnc3ccccn23)nc2sccn12. The van der Waals surface area contributed by atoms with Crippen molar-refractivity contribution in [2.24, 2.45) is 0 Å². The molecule has 0 aliphatic carbocycles. The molecule has 0 unspecified atom stereocenters. The molecule has 0 saturated heterocycles. The van der Waals surface area contributed by atoms with Crippen molar-refractivity contribution in [2.45, 2.75) is 10.9 Å². The molecule has 0 saturated carbocycles. The van der Waals surface area contributed by atoms with E-state index >= 15 is 0 Å². The lowest BCUT2D eigenvalue weighted by Crippen LogP contribution is -2.12. The molecule has 104 valence electrons. The predicted octanol–water partition coefficient (Wildman–Crippen LogP) is 2.09. The number of thioether (sulfide) groups is 1. The lowest BCUT2D eigenvalue weighted by atomic mass is 10.4. The topological polar surface area (TPSA) is 64.6 Å². The summed E-state index contributed by atoms with van der Waals surface area (Å²) in [6.07, 6.45) is 3.65. The molecule has 8 heteroatoms. The second-order valence-corrected chi connectivity index (χ2v) is 6.16. The van der Waals surface area contributed by atoms with Gasteiger partial charge in [-0.3, -0.25) is 13.6 Å². The Kier molecular flexibility index (Phi) is 2.97. The van der Waals surface area contributed by atoms with E-state index < -0.39 is 0 Å². The van der Waals surface area contributed by atoms with Gasteiger partial charge in [-0.05, 0) is 12.1 Å². The van der Waals surface area contributed by atoms with Crippen LogP contribution in [-0.4, -0.2) is 24.0 Å². The smallest absolute Gasteiger partial charge is 0.258 e. The molecular weight excluding hydrogens is 306 g/mol. The van der Waals surface area contributed by atoms with Crippen LogP contribution in [0.2, 0.25) is 0 Å². The van der Waals surface area contributed by atoms with Crippen molar-refractivity contribution in [1.82, 2.24) is 24.0 Å². The first-order valence-electron chi connectivity index (χ1n) is 6.19. The summed E-state index contributed by atoms with van der Waals surface area (Å²) in [6, 6.07) is 7.32. The fraction of sp³-hybridized carbons (Fsp3) is 0.0769. The van der Waals surface area contributed by atoms with Crippen LogP contribution in [0.3, 0.4) is 0 Å². The van der Waals surface area contributed by atoms with E-state index in [9.17, 15) is 4.79 Å². The van der Waals surface area contributed by atoms with Crippen LogP contribution in [0.1, 0.15) is 5.69 Å². The fourth-order valence-electron chi connectivity index (χ4n) is 2.02. The van der Waals surface area contributed by atoms with Gasteiger partial charge in [0.25, 0.3) is 5.56 Å². The molecule has 0 aliphatic heterocycles. The molecule has 0 atom stereocenters. The number of pyridine rings is 1. The van der Waals surface area contributed by atoms with Gasteiger partial charge in [-0.25, -0.2) is 4.98 Å². The molecule has 21 heavy (non-hydrogen) atoms. The fourth-order valence-corrected chi connectivity index (χ4v) is 3.57. The number of aromatic nitrogens is 5. The minimum absolute atomic E-state index is 0.0528. The molecule has 0 N–H and O–H groups in total. The van der Waals surface area contributed by atoms with E-state index in [0.29, 0.717) is 10.7 Å². The van der Waals surface area contributed by atoms with Crippen LogP contribution in [0.15, 0.2) is 52.0 Å². The Morgan fingerprint density at radius 3 is 3.10 bits per heavy atom. The van der Waals surface area contributed by atoms with Crippen molar-refractivity contribution in [2.75, 3.05) is 0 Å². The van der Waals surface area contributed by atoms with E-state index in [0.717, 1.165) is 16.5 Å². The second-order valence-electron chi connectivity index (χ2n) is 4.34. The first kappa shape index (κ1) is 12.5. The monoisotopic (exact) mass is 315 g/mol. The summed E-state index contributed by atoms with van der Waals surface area (Å²) in [5.41, 5.74) is 1.50. The number of fused-ring (bicyclic) bond motifs is 2. The maximum atomic E-state index is 11.9. The minimum Gasteiger partial charge on any atom is -0.277 e. The van der Waals surface area contributed by atoms with Gasteiger partial charge in [-0.15, -0.1) is 21.5 Å². The highest BCUT2D eigenvalue weighted by molar-refractivity contribution is 7.98. The van der Waals surface area contributed by atoms with Crippen LogP contribution in [0.5, 0.6) is 0 Å². The summed E-state index contributed by atoms with van der Waals surface area (Å²) < 4.78 is 3.46. The average molecular weight is 315 g/mol. The predicted molar refractivity (Wildman–Crippen MR) is 81.9 cm³/mol. The molecule has 0 amide bonds. The van der Waals surface area contributed by atoms with Crippen molar-refractivity contribution < 1.29 is 0 Å². The Labute approximate surface area is 127 Å². The summed E-state index contributed by atoms with van der Waals surface area (Å²) in [5.74, 6) is 0.583. The van der Waals surface area contributed by atoms with E-state index in [2.05, 4.69) is 15.2 Å². The Morgan fingerprint density at radius 1 is 1.19 bits per heavy atom. The van der Waals surface area contributed by atoms with Gasteiger partial charge in [0.05, 0.1) is 5.69 Å². The van der Waals surface area contributed by atoms with E-state index in [1.165, 1.54) is 23.1 Å². The summed E-state index contributed by atoms with van der Waals surface area (Å²) in [7, 11) is 0. The van der Waals surface area contributed by atoms with Gasteiger partial charge in [-0.2, -0.15) is 0 Å². The quantitative estimate of drug-likeness (QED) is 0.542. The average Bonchev–Trinajstić information content (AvgIpc) is 3.12. The molecule has 0 aromatic carbocycles. The second kappa shape index (κ2) is 4.97. The van der Waals surface area contributed by atoms with Crippen LogP contribution in [0.25, 0.3) is 10.6 Å². The molecule has 4 heterocycles. The van der Waals surface area contributed by atoms with Crippen molar-refractivity contribution in [3.05, 3.63) is 58.1 Å². The van der Waals surface area contributed by atoms with Gasteiger partial charge in [0.15, 0.2) is 15.8 Å². The van der Waals surface area contributed by atoms with E-state index in [4.69, 9.17) is 0 Å². The van der Waals surface area contributed by atoms with Gasteiger partial charge < -0.3 is 0 Å². The Bertz CT molecular complexity index is 987. The van der Waals surface area contributed by atoms with Crippen molar-refractivity contribution in [3.8, 4) is 0 Å². The number of hydrogen-bond donors (Lipinski definition) is 0. The first-order valence-corrected chi connectivity index (χ1v) is 8.06. The molecule has 0 bridgehead atoms. The van der Waals surface area contributed by atoms with Gasteiger partial charge in [0.2, 0.25) is 0 Å². The summed E-state index contributed by atoms with van der Waals surface area (Å²) in [5, 5.41) is 10.9. The molecular formula is C13H9N5OS2. The van der Waals surface area contributed by atoms with Gasteiger partial charge in [0.1, 0.15) is 0 Å². The molecule has 4 aromatic rings. The first-order chi connectivity index (χ1) is 10.3. The van der Waals surface area contributed by atoms with Gasteiger partial charge in [0, 0.05) is 29.6 Å². The molecule has 4 rings (SSSR count). The third-order valence-corrected chi connectivity index (χ3v) is 4.72. The zero-order valence-electron chi connectivity index (χ0n) is 10.7. The minimum atomic E-state index is -0.0528. The Hall–Kier alpha value is -2.19. The van der Waals surface area contributed by atoms with Crippen LogP contribution < -0.4 is 5.56 Å². The van der Waals surface area contributed by atoms with Crippen molar-refractivity contribution in [3.63, 3.8) is 0 Å². The molecule has 0 spiro atoms. The van der Waals surface area contributed by atoms with Crippen molar-refractivity contribution in [1.29, 1.82) is 0 Å². The van der Waals surface area contributed by atoms with Gasteiger partial charge >= 0.3 is 0 Å². The largest absolute Gasteiger partial charge is 0.277 e. The molecule has 4 aromatic heterocycles. The highest BCUT2D eigenvalue weighted by Crippen LogP contribution is 2.20. The van der Waals surface area contributed by atoms with Crippen molar-refractivity contribution >= 4 is 33.7 Å². The van der Waals surface area contributed by atoms with Crippen LogP contribution in [0.4, 0.5) is 0 Å². The zero-order valence-corrected chi connectivity index (χ0v) is 12.3. The number of hydrogen-bond acceptors (Lipinski definition) is 6. The van der Waals surface area contributed by atoms with E-state index in [1.807, 2.05) is 34.2 Å². The molecule has 0 radical (unpaired) electrons. The van der Waals surface area contributed by atoms with E-state index in [-0.39, 0.29) is 5.56 Å². The normalized spacial score (nSPS) is 11.4. The van der Waals surface area contributed by atoms with Crippen LogP contribution in [0, 0.1) is 0 Å². The lowest BCUT2D eigenvalue weighted by Gasteiger charge is -2.00. The summed E-state index contributed by atoms with van der Waals surface area (Å²) >= 11 is 2.96. The van der Waals surface area contributed by atoms with E-state index in [1.54, 1.807) is 16.7 Å². The summed E-state index contributed by atoms with van der Waals surface area (Å²) in [4.78, 5) is 17.1. The molecule has 6 nitrogen and oxygen atoms in total. The molecule has 0 fully saturated rings. The number of thiazole rings is 1. The van der Waals surface area contributed by atoms with Crippen LogP contribution in [-0.2, 0) is 5.75 Å². The Morgan fingerprint density at radius 2 is 2.14 bits per heavy atom. The standard InChI is InChI=1S/C13H9N5OS2/c19-11-7-9(14-12-18(11)5-6-20-12)8-21-13-16-15-10-3-1-2-4-17(10)13/h1-7H,8H2.